The van der Waals surface area contributed by atoms with Crippen LogP contribution in [0.5, 0.6) is 0 Å². The minimum Gasteiger partial charge on any atom is -0.381 e. The molecule has 1 aliphatic carbocycles. The van der Waals surface area contributed by atoms with Crippen molar-refractivity contribution < 1.29 is 4.74 Å². The van der Waals surface area contributed by atoms with Crippen LogP contribution < -0.4 is 5.32 Å². The van der Waals surface area contributed by atoms with Gasteiger partial charge in [-0.3, -0.25) is 0 Å². The summed E-state index contributed by atoms with van der Waals surface area (Å²) in [4.78, 5) is 2.71. The first-order valence-corrected chi connectivity index (χ1v) is 11.0. The molecule has 3 atom stereocenters. The first-order valence-electron chi connectivity index (χ1n) is 9.72. The minimum atomic E-state index is 0.507. The standard InChI is InChI=1S/C19H25ClN4OS/c20-18-17-16(3-6-26-17)19(23-22-18)21-15-7-13-10-24(11-14(13)8-15)9-12-1-4-25-5-2-12/h3,6,12-15H,1-2,4-5,7-11H2,(H,21,23)/t13-,14?,15?/m1/s1. The zero-order valence-corrected chi connectivity index (χ0v) is 16.4. The summed E-state index contributed by atoms with van der Waals surface area (Å²) in [5.41, 5.74) is 0. The van der Waals surface area contributed by atoms with Gasteiger partial charge in [0.15, 0.2) is 11.0 Å². The molecule has 0 aromatic carbocycles. The van der Waals surface area contributed by atoms with E-state index in [9.17, 15) is 0 Å². The van der Waals surface area contributed by atoms with Gasteiger partial charge in [-0.2, -0.15) is 0 Å². The maximum Gasteiger partial charge on any atom is 0.169 e. The quantitative estimate of drug-likeness (QED) is 0.855. The van der Waals surface area contributed by atoms with E-state index in [1.807, 2.05) is 0 Å². The highest BCUT2D eigenvalue weighted by molar-refractivity contribution is 7.17. The summed E-state index contributed by atoms with van der Waals surface area (Å²) in [5.74, 6) is 3.39. The molecule has 2 unspecified atom stereocenters. The number of nitrogens with zero attached hydrogens (tertiary/aromatic N) is 3. The Morgan fingerprint density at radius 1 is 1.19 bits per heavy atom. The Balaban J connectivity index is 1.19. The molecule has 0 amide bonds. The van der Waals surface area contributed by atoms with Gasteiger partial charge in [-0.05, 0) is 54.9 Å². The van der Waals surface area contributed by atoms with Gasteiger partial charge in [-0.1, -0.05) is 11.6 Å². The lowest BCUT2D eigenvalue weighted by atomic mass is 10.00. The fourth-order valence-electron chi connectivity index (χ4n) is 5.11. The fraction of sp³-hybridized carbons (Fsp3) is 0.684. The van der Waals surface area contributed by atoms with Crippen LogP contribution in [0.15, 0.2) is 11.4 Å². The third kappa shape index (κ3) is 3.33. The van der Waals surface area contributed by atoms with Crippen molar-refractivity contribution in [2.24, 2.45) is 17.8 Å². The largest absolute Gasteiger partial charge is 0.381 e. The van der Waals surface area contributed by atoms with Crippen molar-refractivity contribution in [2.45, 2.75) is 31.7 Å². The Morgan fingerprint density at radius 2 is 1.96 bits per heavy atom. The molecule has 5 nitrogen and oxygen atoms in total. The van der Waals surface area contributed by atoms with E-state index < -0.39 is 0 Å². The smallest absolute Gasteiger partial charge is 0.169 e. The normalized spacial score (nSPS) is 30.1. The third-order valence-electron chi connectivity index (χ3n) is 6.37. The van der Waals surface area contributed by atoms with E-state index in [1.165, 1.54) is 45.3 Å². The second-order valence-electron chi connectivity index (χ2n) is 8.11. The Morgan fingerprint density at radius 3 is 2.73 bits per heavy atom. The summed E-state index contributed by atoms with van der Waals surface area (Å²) >= 11 is 7.79. The molecule has 0 radical (unpaired) electrons. The second kappa shape index (κ2) is 7.23. The SMILES string of the molecule is Clc1nnc(NC2CC3CN(CC4CCOCC4)C[C@H]3C2)c2ccsc12. The van der Waals surface area contributed by atoms with Crippen LogP contribution in [0.4, 0.5) is 5.82 Å². The highest BCUT2D eigenvalue weighted by atomic mass is 35.5. The highest BCUT2D eigenvalue weighted by Gasteiger charge is 2.41. The summed E-state index contributed by atoms with van der Waals surface area (Å²) in [6.07, 6.45) is 4.96. The number of halogens is 1. The van der Waals surface area contributed by atoms with E-state index in [0.29, 0.717) is 11.2 Å². The average Bonchev–Trinajstić information content (AvgIpc) is 3.33. The molecule has 26 heavy (non-hydrogen) atoms. The molecule has 2 aromatic heterocycles. The van der Waals surface area contributed by atoms with Gasteiger partial charge in [-0.25, -0.2) is 0 Å². The number of aromatic nitrogens is 2. The number of hydrogen-bond acceptors (Lipinski definition) is 6. The predicted octanol–water partition coefficient (Wildman–Crippen LogP) is 3.89. The molecule has 1 saturated carbocycles. The van der Waals surface area contributed by atoms with Gasteiger partial charge in [0.05, 0.1) is 4.70 Å². The zero-order valence-electron chi connectivity index (χ0n) is 14.9. The fourth-order valence-corrected chi connectivity index (χ4v) is 6.15. The van der Waals surface area contributed by atoms with Gasteiger partial charge >= 0.3 is 0 Å². The Hall–Kier alpha value is -0.950. The summed E-state index contributed by atoms with van der Waals surface area (Å²) < 4.78 is 6.53. The van der Waals surface area contributed by atoms with E-state index in [0.717, 1.165) is 46.9 Å². The van der Waals surface area contributed by atoms with Crippen LogP contribution in [0.2, 0.25) is 5.15 Å². The number of hydrogen-bond donors (Lipinski definition) is 1. The average molecular weight is 393 g/mol. The van der Waals surface area contributed by atoms with E-state index in [1.54, 1.807) is 11.3 Å². The molecule has 4 heterocycles. The molecular formula is C19H25ClN4OS. The lowest BCUT2D eigenvalue weighted by molar-refractivity contribution is 0.0545. The van der Waals surface area contributed by atoms with Crippen molar-refractivity contribution in [3.8, 4) is 0 Å². The first-order chi connectivity index (χ1) is 12.8. The molecule has 0 bridgehead atoms. The number of thiophene rings is 1. The van der Waals surface area contributed by atoms with Crippen LogP contribution in [0, 0.1) is 17.8 Å². The van der Waals surface area contributed by atoms with Crippen molar-refractivity contribution in [1.29, 1.82) is 0 Å². The molecule has 3 aliphatic rings. The number of likely N-dealkylation sites (tertiary alicyclic amines) is 1. The number of rotatable bonds is 4. The van der Waals surface area contributed by atoms with Gasteiger partial charge in [-0.15, -0.1) is 21.5 Å². The van der Waals surface area contributed by atoms with Crippen LogP contribution in [-0.4, -0.2) is 54.0 Å². The Labute approximate surface area is 163 Å². The molecule has 1 N–H and O–H groups in total. The zero-order chi connectivity index (χ0) is 17.5. The van der Waals surface area contributed by atoms with Crippen molar-refractivity contribution in [1.82, 2.24) is 15.1 Å². The molecule has 2 aliphatic heterocycles. The molecule has 7 heteroatoms. The molecule has 5 rings (SSSR count). The van der Waals surface area contributed by atoms with Crippen LogP contribution in [0.3, 0.4) is 0 Å². The van der Waals surface area contributed by atoms with E-state index in [-0.39, 0.29) is 0 Å². The van der Waals surface area contributed by atoms with E-state index in [4.69, 9.17) is 16.3 Å². The van der Waals surface area contributed by atoms with Crippen LogP contribution in [-0.2, 0) is 4.74 Å². The maximum absolute atomic E-state index is 6.16. The van der Waals surface area contributed by atoms with Gasteiger partial charge in [0, 0.05) is 44.3 Å². The highest BCUT2D eigenvalue weighted by Crippen LogP contribution is 2.40. The van der Waals surface area contributed by atoms with Crippen molar-refractivity contribution in [3.63, 3.8) is 0 Å². The summed E-state index contributed by atoms with van der Waals surface area (Å²) in [6, 6.07) is 2.60. The van der Waals surface area contributed by atoms with Gasteiger partial charge in [0.2, 0.25) is 0 Å². The summed E-state index contributed by atoms with van der Waals surface area (Å²) in [6.45, 7) is 5.71. The molecular weight excluding hydrogens is 368 g/mol. The van der Waals surface area contributed by atoms with Crippen molar-refractivity contribution in [2.75, 3.05) is 38.2 Å². The van der Waals surface area contributed by atoms with Gasteiger partial charge in [0.25, 0.3) is 0 Å². The summed E-state index contributed by atoms with van der Waals surface area (Å²) in [7, 11) is 0. The monoisotopic (exact) mass is 392 g/mol. The third-order valence-corrected chi connectivity index (χ3v) is 7.67. The topological polar surface area (TPSA) is 50.3 Å². The Kier molecular flexibility index (Phi) is 4.77. The Bertz CT molecular complexity index is 764. The lowest BCUT2D eigenvalue weighted by Crippen LogP contribution is -2.32. The number of anilines is 1. The van der Waals surface area contributed by atoms with Crippen LogP contribution >= 0.6 is 22.9 Å². The molecule has 2 aromatic rings. The molecule has 140 valence electrons. The lowest BCUT2D eigenvalue weighted by Gasteiger charge is -2.27. The van der Waals surface area contributed by atoms with Crippen molar-refractivity contribution in [3.05, 3.63) is 16.6 Å². The van der Waals surface area contributed by atoms with Crippen LogP contribution in [0.25, 0.3) is 10.1 Å². The van der Waals surface area contributed by atoms with Crippen molar-refractivity contribution >= 4 is 38.8 Å². The number of fused-ring (bicyclic) bond motifs is 2. The van der Waals surface area contributed by atoms with Gasteiger partial charge in [0.1, 0.15) is 0 Å². The number of nitrogens with one attached hydrogen (secondary N) is 1. The molecule has 3 fully saturated rings. The molecule has 0 spiro atoms. The second-order valence-corrected chi connectivity index (χ2v) is 9.38. The van der Waals surface area contributed by atoms with Crippen LogP contribution in [0.1, 0.15) is 25.7 Å². The number of ether oxygens (including phenoxy) is 1. The van der Waals surface area contributed by atoms with Gasteiger partial charge < -0.3 is 15.0 Å². The predicted molar refractivity (Wildman–Crippen MR) is 106 cm³/mol. The van der Waals surface area contributed by atoms with E-state index >= 15 is 0 Å². The minimum absolute atomic E-state index is 0.507. The maximum atomic E-state index is 6.16. The first kappa shape index (κ1) is 17.2. The molecule has 2 saturated heterocycles. The van der Waals surface area contributed by atoms with E-state index in [2.05, 4.69) is 31.9 Å². The summed E-state index contributed by atoms with van der Waals surface area (Å²) in [5, 5.41) is 15.8.